The monoisotopic (exact) mass is 424 g/mol. The van der Waals surface area contributed by atoms with Gasteiger partial charge in [0, 0.05) is 30.8 Å². The zero-order valence-corrected chi connectivity index (χ0v) is 14.3. The maximum Gasteiger partial charge on any atom is 0.206 e. The van der Waals surface area contributed by atoms with Crippen molar-refractivity contribution in [2.75, 3.05) is 0 Å². The molecule has 20 heavy (non-hydrogen) atoms. The molecule has 0 amide bonds. The molecule has 3 rings (SSSR count). The van der Waals surface area contributed by atoms with Crippen molar-refractivity contribution in [1.29, 1.82) is 10.5 Å². The Kier molecular flexibility index (Phi) is 3.57. The first kappa shape index (κ1) is 13.7. The number of halogens is 2. The van der Waals surface area contributed by atoms with Crippen molar-refractivity contribution >= 4 is 66.0 Å². The molecule has 96 valence electrons. The third-order valence-corrected chi connectivity index (χ3v) is 6.55. The van der Waals surface area contributed by atoms with Gasteiger partial charge in [-0.25, -0.2) is 0 Å². The van der Waals surface area contributed by atoms with Gasteiger partial charge in [-0.15, -0.1) is 22.7 Å². The van der Waals surface area contributed by atoms with E-state index in [1.807, 2.05) is 23.1 Å². The fraction of sp³-hybridized carbons (Fsp3) is 0. The highest BCUT2D eigenvalue weighted by atomic mass is 79.9. The zero-order valence-electron chi connectivity index (χ0n) is 9.52. The molecule has 2 heterocycles. The minimum Gasteiger partial charge on any atom is -0.172 e. The number of thiophene rings is 2. The molecule has 2 aromatic rings. The van der Waals surface area contributed by atoms with Gasteiger partial charge in [0.25, 0.3) is 0 Å². The van der Waals surface area contributed by atoms with Crippen LogP contribution < -0.4 is 0 Å². The van der Waals surface area contributed by atoms with Crippen LogP contribution in [-0.2, 0) is 0 Å². The molecule has 0 aliphatic heterocycles. The van der Waals surface area contributed by atoms with Gasteiger partial charge in [0.15, 0.2) is 0 Å². The number of hydrogen-bond acceptors (Lipinski definition) is 6. The molecule has 0 fully saturated rings. The number of nitrogens with zero attached hydrogens (tertiary/aromatic N) is 4. The van der Waals surface area contributed by atoms with Gasteiger partial charge in [-0.05, 0) is 31.9 Å². The first-order valence-corrected chi connectivity index (χ1v) is 8.52. The minimum atomic E-state index is 0.607. The predicted octanol–water partition coefficient (Wildman–Crippen LogP) is 4.28. The highest BCUT2D eigenvalue weighted by Gasteiger charge is 2.33. The van der Waals surface area contributed by atoms with Gasteiger partial charge in [0.1, 0.15) is 5.71 Å². The first-order chi connectivity index (χ1) is 9.69. The van der Waals surface area contributed by atoms with Crippen molar-refractivity contribution in [2.45, 2.75) is 0 Å². The molecule has 0 saturated heterocycles. The molecule has 4 nitrogen and oxygen atoms in total. The average molecular weight is 426 g/mol. The molecular formula is C12H2Br2N4S2. The standard InChI is InChI=1S/C12H2Br2N4S2/c13-5-1-19-11-7(5)9(17-3-15)8-6(14)2-20-12(8)10(11)18-4-16/h1-2H. The predicted molar refractivity (Wildman–Crippen MR) is 86.5 cm³/mol. The summed E-state index contributed by atoms with van der Waals surface area (Å²) in [5.74, 6) is 0. The van der Waals surface area contributed by atoms with Crippen molar-refractivity contribution in [3.63, 3.8) is 0 Å². The maximum atomic E-state index is 8.95. The molecule has 1 aliphatic rings. The number of aliphatic imine (C=N–C) groups is 2. The lowest BCUT2D eigenvalue weighted by Crippen LogP contribution is -2.18. The third-order valence-electron chi connectivity index (χ3n) is 2.72. The zero-order chi connectivity index (χ0) is 14.3. The maximum absolute atomic E-state index is 8.95. The fourth-order valence-electron chi connectivity index (χ4n) is 2.01. The number of fused-ring (bicyclic) bond motifs is 2. The van der Waals surface area contributed by atoms with Crippen molar-refractivity contribution < 1.29 is 0 Å². The van der Waals surface area contributed by atoms with Gasteiger partial charge < -0.3 is 0 Å². The summed E-state index contributed by atoms with van der Waals surface area (Å²) in [6.45, 7) is 0. The molecule has 0 N–H and O–H groups in total. The Bertz CT molecular complexity index is 809. The van der Waals surface area contributed by atoms with Crippen molar-refractivity contribution in [1.82, 2.24) is 0 Å². The number of rotatable bonds is 0. The Hall–Kier alpha value is -1.32. The van der Waals surface area contributed by atoms with Crippen LogP contribution in [0.1, 0.15) is 20.9 Å². The van der Waals surface area contributed by atoms with Crippen LogP contribution in [0.4, 0.5) is 0 Å². The largest absolute Gasteiger partial charge is 0.206 e. The summed E-state index contributed by atoms with van der Waals surface area (Å²) >= 11 is 9.90. The Morgan fingerprint density at radius 1 is 0.850 bits per heavy atom. The van der Waals surface area contributed by atoms with E-state index in [4.69, 9.17) is 10.5 Å². The number of nitriles is 2. The lowest BCUT2D eigenvalue weighted by atomic mass is 9.94. The van der Waals surface area contributed by atoms with Gasteiger partial charge in [-0.1, -0.05) is 0 Å². The topological polar surface area (TPSA) is 72.3 Å². The van der Waals surface area contributed by atoms with Crippen LogP contribution in [-0.4, -0.2) is 11.4 Å². The molecule has 0 saturated carbocycles. The summed E-state index contributed by atoms with van der Waals surface area (Å²) in [7, 11) is 0. The van der Waals surface area contributed by atoms with Gasteiger partial charge >= 0.3 is 0 Å². The van der Waals surface area contributed by atoms with Crippen LogP contribution >= 0.6 is 54.5 Å². The Balaban J connectivity index is 2.44. The van der Waals surface area contributed by atoms with Gasteiger partial charge in [-0.3, -0.25) is 0 Å². The molecule has 8 heteroatoms. The van der Waals surface area contributed by atoms with Crippen LogP contribution in [0.15, 0.2) is 29.7 Å². The van der Waals surface area contributed by atoms with Crippen LogP contribution in [0.5, 0.6) is 0 Å². The summed E-state index contributed by atoms with van der Waals surface area (Å²) in [5.41, 5.74) is 2.88. The van der Waals surface area contributed by atoms with Gasteiger partial charge in [-0.2, -0.15) is 20.5 Å². The summed E-state index contributed by atoms with van der Waals surface area (Å²) < 4.78 is 1.70. The Morgan fingerprint density at radius 2 is 1.30 bits per heavy atom. The quantitative estimate of drug-likeness (QED) is 0.504. The van der Waals surface area contributed by atoms with E-state index in [-0.39, 0.29) is 0 Å². The number of hydrogen-bond donors (Lipinski definition) is 0. The smallest absolute Gasteiger partial charge is 0.172 e. The molecule has 0 atom stereocenters. The first-order valence-electron chi connectivity index (χ1n) is 5.18. The SMILES string of the molecule is N#CN=C1c2scc(Br)c2C(=NC#N)c2c(Br)csc21. The molecule has 0 spiro atoms. The molecular weight excluding hydrogens is 424 g/mol. The molecule has 0 radical (unpaired) electrons. The summed E-state index contributed by atoms with van der Waals surface area (Å²) in [6.07, 6.45) is 3.70. The molecule has 0 aromatic carbocycles. The Morgan fingerprint density at radius 3 is 1.75 bits per heavy atom. The van der Waals surface area contributed by atoms with Crippen molar-refractivity contribution in [3.8, 4) is 12.4 Å². The van der Waals surface area contributed by atoms with Gasteiger partial charge in [0.2, 0.25) is 12.4 Å². The van der Waals surface area contributed by atoms with Crippen LogP contribution in [0.3, 0.4) is 0 Å². The van der Waals surface area contributed by atoms with E-state index < -0.39 is 0 Å². The molecule has 0 unspecified atom stereocenters. The highest BCUT2D eigenvalue weighted by molar-refractivity contribution is 9.11. The van der Waals surface area contributed by atoms with E-state index in [1.165, 1.54) is 22.7 Å². The molecule has 1 aliphatic carbocycles. The van der Waals surface area contributed by atoms with E-state index in [0.29, 0.717) is 11.4 Å². The second kappa shape index (κ2) is 5.23. The van der Waals surface area contributed by atoms with Crippen molar-refractivity contribution in [3.05, 3.63) is 40.6 Å². The Labute approximate surface area is 139 Å². The van der Waals surface area contributed by atoms with Crippen LogP contribution in [0.2, 0.25) is 0 Å². The van der Waals surface area contributed by atoms with E-state index in [0.717, 1.165) is 29.8 Å². The summed E-state index contributed by atoms with van der Waals surface area (Å²) in [5, 5.41) is 21.7. The molecule has 2 aromatic heterocycles. The van der Waals surface area contributed by atoms with E-state index in [1.54, 1.807) is 0 Å². The fourth-order valence-corrected chi connectivity index (χ4v) is 5.51. The second-order valence-electron chi connectivity index (χ2n) is 3.70. The molecule has 0 bridgehead atoms. The minimum absolute atomic E-state index is 0.607. The lowest BCUT2D eigenvalue weighted by Gasteiger charge is -2.16. The average Bonchev–Trinajstić information content (AvgIpc) is 2.99. The summed E-state index contributed by atoms with van der Waals surface area (Å²) in [6, 6.07) is 0. The third kappa shape index (κ3) is 1.88. The highest BCUT2D eigenvalue weighted by Crippen LogP contribution is 2.42. The van der Waals surface area contributed by atoms with Crippen LogP contribution in [0, 0.1) is 22.9 Å². The van der Waals surface area contributed by atoms with Crippen molar-refractivity contribution in [2.24, 2.45) is 9.98 Å². The van der Waals surface area contributed by atoms with Crippen LogP contribution in [0.25, 0.3) is 0 Å². The second-order valence-corrected chi connectivity index (χ2v) is 7.16. The van der Waals surface area contributed by atoms with E-state index >= 15 is 0 Å². The van der Waals surface area contributed by atoms with E-state index in [9.17, 15) is 0 Å². The summed E-state index contributed by atoms with van der Waals surface area (Å²) in [4.78, 5) is 9.63. The lowest BCUT2D eigenvalue weighted by molar-refractivity contribution is 1.41. The van der Waals surface area contributed by atoms with Gasteiger partial charge in [0.05, 0.1) is 15.5 Å². The van der Waals surface area contributed by atoms with E-state index in [2.05, 4.69) is 41.8 Å². The normalized spacial score (nSPS) is 12.2.